The molecule has 48 heavy (non-hydrogen) atoms. The van der Waals surface area contributed by atoms with Crippen molar-refractivity contribution in [2.24, 2.45) is 5.92 Å². The Labute approximate surface area is 282 Å². The van der Waals surface area contributed by atoms with E-state index in [0.717, 1.165) is 46.9 Å². The second kappa shape index (κ2) is 12.5. The van der Waals surface area contributed by atoms with Crippen LogP contribution >= 0.6 is 0 Å². The van der Waals surface area contributed by atoms with Crippen LogP contribution in [0.2, 0.25) is 0 Å². The number of imide groups is 1. The number of fused-ring (bicyclic) bond motifs is 1. The van der Waals surface area contributed by atoms with Gasteiger partial charge in [-0.25, -0.2) is 13.2 Å². The fraction of sp³-hybridized carbons (Fsp3) is 0.486. The lowest BCUT2D eigenvalue weighted by molar-refractivity contribution is -0.133. The summed E-state index contributed by atoms with van der Waals surface area (Å²) in [6, 6.07) is 17.5. The normalized spacial score (nSPS) is 24.8. The monoisotopic (exact) mass is 676 g/mol. The average Bonchev–Trinajstić information content (AvgIpc) is 3.63. The molecule has 1 spiro atoms. The number of urea groups is 1. The summed E-state index contributed by atoms with van der Waals surface area (Å²) in [5.41, 5.74) is 2.45. The lowest BCUT2D eigenvalue weighted by Crippen LogP contribution is -2.51. The molecule has 3 aromatic rings. The molecule has 7 rings (SSSR count). The van der Waals surface area contributed by atoms with Gasteiger partial charge in [0.05, 0.1) is 38.3 Å². The first kappa shape index (κ1) is 32.6. The zero-order valence-corrected chi connectivity index (χ0v) is 28.8. The molecule has 3 unspecified atom stereocenters. The molecule has 4 aliphatic heterocycles. The van der Waals surface area contributed by atoms with E-state index in [1.807, 2.05) is 37.2 Å². The predicted molar refractivity (Wildman–Crippen MR) is 185 cm³/mol. The summed E-state index contributed by atoms with van der Waals surface area (Å²) in [5, 5.41) is 2.21. The Morgan fingerprint density at radius 3 is 2.46 bits per heavy atom. The molecule has 0 radical (unpaired) electrons. The number of nitrogens with zero attached hydrogens (tertiary/aromatic N) is 5. The Hall–Kier alpha value is -3.91. The van der Waals surface area contributed by atoms with Crippen molar-refractivity contribution in [2.45, 2.75) is 24.5 Å². The van der Waals surface area contributed by atoms with Crippen molar-refractivity contribution in [3.63, 3.8) is 0 Å². The van der Waals surface area contributed by atoms with Gasteiger partial charge >= 0.3 is 6.03 Å². The number of rotatable bonds is 10. The van der Waals surface area contributed by atoms with Crippen molar-refractivity contribution in [2.75, 3.05) is 89.6 Å². The van der Waals surface area contributed by atoms with Crippen molar-refractivity contribution in [1.29, 1.82) is 0 Å². The number of morpholine rings is 1. The lowest BCUT2D eigenvalue weighted by Gasteiger charge is -2.33. The molecular formula is C35H44N6O6S. The summed E-state index contributed by atoms with van der Waals surface area (Å²) in [4.78, 5) is 39.1. The van der Waals surface area contributed by atoms with Crippen LogP contribution < -0.4 is 14.4 Å². The molecule has 3 amide bonds. The molecule has 12 nitrogen and oxygen atoms in total. The number of carbonyl (C=O) groups excluding carboxylic acids is 2. The van der Waals surface area contributed by atoms with Crippen molar-refractivity contribution in [3.05, 3.63) is 65.7 Å². The van der Waals surface area contributed by atoms with Gasteiger partial charge in [-0.15, -0.1) is 0 Å². The van der Waals surface area contributed by atoms with Gasteiger partial charge in [0.15, 0.2) is 0 Å². The summed E-state index contributed by atoms with van der Waals surface area (Å²) in [5.74, 6) is 0.251. The van der Waals surface area contributed by atoms with Crippen LogP contribution in [0.25, 0.3) is 10.8 Å². The highest BCUT2D eigenvalue weighted by atomic mass is 32.2. The molecule has 256 valence electrons. The Kier molecular flexibility index (Phi) is 8.51. The van der Waals surface area contributed by atoms with E-state index in [9.17, 15) is 18.0 Å². The quantitative estimate of drug-likeness (QED) is 0.324. The molecule has 4 saturated heterocycles. The van der Waals surface area contributed by atoms with Gasteiger partial charge in [-0.3, -0.25) is 24.2 Å². The van der Waals surface area contributed by atoms with Crippen molar-refractivity contribution in [1.82, 2.24) is 19.6 Å². The Morgan fingerprint density at radius 1 is 1.00 bits per heavy atom. The Morgan fingerprint density at radius 2 is 1.75 bits per heavy atom. The molecule has 3 atom stereocenters. The minimum atomic E-state index is -3.52. The number of carbonyl (C=O) groups is 2. The first-order valence-corrected chi connectivity index (χ1v) is 18.4. The summed E-state index contributed by atoms with van der Waals surface area (Å²) < 4.78 is 37.5. The van der Waals surface area contributed by atoms with Crippen molar-refractivity contribution >= 4 is 44.1 Å². The minimum absolute atomic E-state index is 0.0634. The van der Waals surface area contributed by atoms with E-state index in [0.29, 0.717) is 63.8 Å². The average molecular weight is 677 g/mol. The third-order valence-electron chi connectivity index (χ3n) is 10.4. The van der Waals surface area contributed by atoms with E-state index in [2.05, 4.69) is 43.7 Å². The van der Waals surface area contributed by atoms with Crippen molar-refractivity contribution < 1.29 is 27.5 Å². The zero-order valence-electron chi connectivity index (χ0n) is 28.0. The fourth-order valence-corrected chi connectivity index (χ4v) is 8.88. The summed E-state index contributed by atoms with van der Waals surface area (Å²) in [7, 11) is 2.04. The minimum Gasteiger partial charge on any atom is -0.495 e. The first-order chi connectivity index (χ1) is 23.0. The van der Waals surface area contributed by atoms with E-state index in [1.165, 1.54) is 12.0 Å². The number of anilines is 2. The van der Waals surface area contributed by atoms with Crippen LogP contribution in [-0.4, -0.2) is 125 Å². The highest BCUT2D eigenvalue weighted by Gasteiger charge is 2.70. The SMILES string of the molecule is COc1ccc(CN2CC3CC(c4ccc(N(C)C)c5ccccc45)N4C(=O)N(CCN5CCOCC5)C(=O)C34C2)cc1NS(C)(=O)=O. The molecule has 4 fully saturated rings. The highest BCUT2D eigenvalue weighted by molar-refractivity contribution is 7.92. The largest absolute Gasteiger partial charge is 0.495 e. The van der Waals surface area contributed by atoms with Gasteiger partial charge in [0, 0.05) is 76.9 Å². The topological polar surface area (TPSA) is 115 Å². The number of amides is 3. The van der Waals surface area contributed by atoms with Gasteiger partial charge in [-0.1, -0.05) is 36.4 Å². The molecule has 3 aromatic carbocycles. The predicted octanol–water partition coefficient (Wildman–Crippen LogP) is 3.20. The number of nitrogens with one attached hydrogen (secondary N) is 1. The van der Waals surface area contributed by atoms with Crippen LogP contribution in [0.15, 0.2) is 54.6 Å². The zero-order chi connectivity index (χ0) is 33.8. The number of methoxy groups -OCH3 is 1. The van der Waals surface area contributed by atoms with Crippen LogP contribution in [0.4, 0.5) is 16.2 Å². The number of sulfonamides is 1. The van der Waals surface area contributed by atoms with Gasteiger partial charge < -0.3 is 19.3 Å². The van der Waals surface area contributed by atoms with Crippen LogP contribution in [0.3, 0.4) is 0 Å². The van der Waals surface area contributed by atoms with Gasteiger partial charge in [-0.05, 0) is 41.1 Å². The fourth-order valence-electron chi connectivity index (χ4n) is 8.32. The Bertz CT molecular complexity index is 1850. The second-order valence-electron chi connectivity index (χ2n) is 13.6. The molecule has 4 aliphatic rings. The molecular weight excluding hydrogens is 632 g/mol. The van der Waals surface area contributed by atoms with E-state index < -0.39 is 15.6 Å². The maximum Gasteiger partial charge on any atom is 0.328 e. The van der Waals surface area contributed by atoms with Crippen LogP contribution in [-0.2, 0) is 26.1 Å². The maximum absolute atomic E-state index is 14.6. The van der Waals surface area contributed by atoms with Gasteiger partial charge in [0.1, 0.15) is 11.3 Å². The third kappa shape index (κ3) is 5.66. The Balaban J connectivity index is 1.22. The number of benzene rings is 3. The smallest absolute Gasteiger partial charge is 0.328 e. The standard InChI is InChI=1S/C35H44N6O6S/c1-37(2)30-11-10-28(26-7-5-6-8-27(26)30)31-20-25-22-39(21-24-9-12-32(46-3)29(19-24)36-48(4,44)45)23-35(25)33(42)40(34(43)41(31)35)14-13-38-15-17-47-18-16-38/h5-12,19,25,31,36H,13-18,20-23H2,1-4H3. The lowest BCUT2D eigenvalue weighted by atomic mass is 9.87. The van der Waals surface area contributed by atoms with Gasteiger partial charge in [-0.2, -0.15) is 0 Å². The maximum atomic E-state index is 14.6. The summed E-state index contributed by atoms with van der Waals surface area (Å²) in [6.45, 7) is 5.37. The van der Waals surface area contributed by atoms with E-state index in [4.69, 9.17) is 9.47 Å². The molecule has 1 N–H and O–H groups in total. The molecule has 0 bridgehead atoms. The van der Waals surface area contributed by atoms with E-state index in [1.54, 1.807) is 12.1 Å². The third-order valence-corrected chi connectivity index (χ3v) is 11.0. The molecule has 0 aliphatic carbocycles. The van der Waals surface area contributed by atoms with Crippen molar-refractivity contribution in [3.8, 4) is 5.75 Å². The molecule has 0 aromatic heterocycles. The second-order valence-corrected chi connectivity index (χ2v) is 15.4. The van der Waals surface area contributed by atoms with Crippen LogP contribution in [0, 0.1) is 5.92 Å². The van der Waals surface area contributed by atoms with E-state index >= 15 is 0 Å². The molecule has 4 heterocycles. The first-order valence-electron chi connectivity index (χ1n) is 16.5. The number of likely N-dealkylation sites (tertiary alicyclic amines) is 1. The number of hydrogen-bond acceptors (Lipinski definition) is 9. The summed E-state index contributed by atoms with van der Waals surface area (Å²) >= 11 is 0. The molecule has 0 saturated carbocycles. The highest BCUT2D eigenvalue weighted by Crippen LogP contribution is 2.56. The van der Waals surface area contributed by atoms with Gasteiger partial charge in [0.2, 0.25) is 10.0 Å². The van der Waals surface area contributed by atoms with E-state index in [-0.39, 0.29) is 23.9 Å². The molecule has 13 heteroatoms. The van der Waals surface area contributed by atoms with Gasteiger partial charge in [0.25, 0.3) is 5.91 Å². The number of hydrogen-bond donors (Lipinski definition) is 1. The van der Waals surface area contributed by atoms with Crippen LogP contribution in [0.1, 0.15) is 23.6 Å². The number of ether oxygens (including phenoxy) is 2. The summed E-state index contributed by atoms with van der Waals surface area (Å²) in [6.07, 6.45) is 1.79. The van der Waals surface area contributed by atoms with Crippen LogP contribution in [0.5, 0.6) is 5.75 Å².